The second kappa shape index (κ2) is 5.67. The van der Waals surface area contributed by atoms with E-state index >= 15 is 0 Å². The summed E-state index contributed by atoms with van der Waals surface area (Å²) in [5.74, 6) is 1.47. The van der Waals surface area contributed by atoms with Crippen LogP contribution < -0.4 is 15.5 Å². The van der Waals surface area contributed by atoms with Gasteiger partial charge >= 0.3 is 0 Å². The zero-order valence-corrected chi connectivity index (χ0v) is 11.6. The molecule has 1 aromatic heterocycles. The fraction of sp³-hybridized carbons (Fsp3) is 0.438. The van der Waals surface area contributed by atoms with E-state index < -0.39 is 0 Å². The maximum Gasteiger partial charge on any atom is 0.193 e. The van der Waals surface area contributed by atoms with E-state index in [2.05, 4.69) is 5.32 Å². The smallest absolute Gasteiger partial charge is 0.193 e. The molecule has 0 aliphatic carbocycles. The Morgan fingerprint density at radius 1 is 1.30 bits per heavy atom. The summed E-state index contributed by atoms with van der Waals surface area (Å²) in [5.41, 5.74) is 0.630. The second-order valence-corrected chi connectivity index (χ2v) is 5.16. The Bertz CT molecular complexity index is 656. The van der Waals surface area contributed by atoms with E-state index in [0.717, 1.165) is 43.9 Å². The van der Waals surface area contributed by atoms with Crippen molar-refractivity contribution in [3.63, 3.8) is 0 Å². The number of ether oxygens (including phenoxy) is 1. The quantitative estimate of drug-likeness (QED) is 0.933. The van der Waals surface area contributed by atoms with Gasteiger partial charge < -0.3 is 14.5 Å². The van der Waals surface area contributed by atoms with Gasteiger partial charge in [0.2, 0.25) is 0 Å². The molecule has 1 fully saturated rings. The number of aryl methyl sites for hydroxylation is 1. The number of benzene rings is 1. The summed E-state index contributed by atoms with van der Waals surface area (Å²) in [7, 11) is 0. The van der Waals surface area contributed by atoms with Crippen LogP contribution in [0, 0.1) is 0 Å². The van der Waals surface area contributed by atoms with E-state index in [1.165, 1.54) is 0 Å². The van der Waals surface area contributed by atoms with E-state index in [0.29, 0.717) is 11.0 Å². The first kappa shape index (κ1) is 13.2. The molecule has 3 rings (SSSR count). The standard InChI is InChI=1S/C16H19NO3/c1-2-11-10-15(18)14-9-13(3-4-16(14)20-11)19-12-5-7-17-8-6-12/h3-4,9-10,12,17H,2,5-8H2,1H3. The number of hydrogen-bond donors (Lipinski definition) is 1. The maximum atomic E-state index is 12.1. The molecule has 0 spiro atoms. The third kappa shape index (κ3) is 2.70. The van der Waals surface area contributed by atoms with Crippen molar-refractivity contribution in [3.05, 3.63) is 40.2 Å². The lowest BCUT2D eigenvalue weighted by atomic mass is 10.1. The monoisotopic (exact) mass is 273 g/mol. The molecule has 0 bridgehead atoms. The molecular formula is C16H19NO3. The summed E-state index contributed by atoms with van der Waals surface area (Å²) in [6.45, 7) is 3.94. The first-order valence-corrected chi connectivity index (χ1v) is 7.20. The topological polar surface area (TPSA) is 51.5 Å². The molecule has 0 radical (unpaired) electrons. The fourth-order valence-electron chi connectivity index (χ4n) is 2.54. The molecule has 1 saturated heterocycles. The van der Waals surface area contributed by atoms with Crippen LogP contribution >= 0.6 is 0 Å². The van der Waals surface area contributed by atoms with Gasteiger partial charge in [0.25, 0.3) is 0 Å². The normalized spacial score (nSPS) is 16.4. The molecule has 20 heavy (non-hydrogen) atoms. The third-order valence-electron chi connectivity index (χ3n) is 3.69. The van der Waals surface area contributed by atoms with Crippen LogP contribution in [0.2, 0.25) is 0 Å². The molecule has 106 valence electrons. The Labute approximate surface area is 117 Å². The maximum absolute atomic E-state index is 12.1. The average Bonchev–Trinajstić information content (AvgIpc) is 2.48. The molecule has 1 aliphatic rings. The van der Waals surface area contributed by atoms with Crippen molar-refractivity contribution >= 4 is 11.0 Å². The van der Waals surface area contributed by atoms with Gasteiger partial charge in [-0.3, -0.25) is 4.79 Å². The van der Waals surface area contributed by atoms with Gasteiger partial charge in [-0.25, -0.2) is 0 Å². The molecule has 4 heteroatoms. The van der Waals surface area contributed by atoms with Crippen LogP contribution in [-0.2, 0) is 6.42 Å². The number of fused-ring (bicyclic) bond motifs is 1. The minimum absolute atomic E-state index is 0.00105. The van der Waals surface area contributed by atoms with Gasteiger partial charge in [0.15, 0.2) is 5.43 Å². The molecule has 0 amide bonds. The van der Waals surface area contributed by atoms with E-state index in [-0.39, 0.29) is 11.5 Å². The number of hydrogen-bond acceptors (Lipinski definition) is 4. The zero-order valence-electron chi connectivity index (χ0n) is 11.6. The van der Waals surface area contributed by atoms with Crippen LogP contribution in [0.1, 0.15) is 25.5 Å². The molecule has 2 heterocycles. The summed E-state index contributed by atoms with van der Waals surface area (Å²) in [6, 6.07) is 7.07. The van der Waals surface area contributed by atoms with Crippen LogP contribution in [0.25, 0.3) is 11.0 Å². The van der Waals surface area contributed by atoms with Gasteiger partial charge in [-0.15, -0.1) is 0 Å². The van der Waals surface area contributed by atoms with Crippen LogP contribution in [-0.4, -0.2) is 19.2 Å². The highest BCUT2D eigenvalue weighted by atomic mass is 16.5. The summed E-state index contributed by atoms with van der Waals surface area (Å²) in [5, 5.41) is 3.90. The van der Waals surface area contributed by atoms with Gasteiger partial charge in [0.1, 0.15) is 23.2 Å². The van der Waals surface area contributed by atoms with Crippen molar-refractivity contribution in [1.29, 1.82) is 0 Å². The second-order valence-electron chi connectivity index (χ2n) is 5.16. The average molecular weight is 273 g/mol. The van der Waals surface area contributed by atoms with Crippen molar-refractivity contribution in [2.24, 2.45) is 0 Å². The predicted octanol–water partition coefficient (Wildman–Crippen LogP) is 2.49. The number of piperidine rings is 1. The van der Waals surface area contributed by atoms with Gasteiger partial charge in [-0.2, -0.15) is 0 Å². The minimum Gasteiger partial charge on any atom is -0.490 e. The molecular weight excluding hydrogens is 254 g/mol. The first-order valence-electron chi connectivity index (χ1n) is 7.20. The third-order valence-corrected chi connectivity index (χ3v) is 3.69. The highest BCUT2D eigenvalue weighted by Crippen LogP contribution is 2.22. The van der Waals surface area contributed by atoms with Crippen molar-refractivity contribution in [2.45, 2.75) is 32.3 Å². The van der Waals surface area contributed by atoms with Crippen molar-refractivity contribution in [2.75, 3.05) is 13.1 Å². The lowest BCUT2D eigenvalue weighted by Crippen LogP contribution is -2.34. The highest BCUT2D eigenvalue weighted by molar-refractivity contribution is 5.78. The summed E-state index contributed by atoms with van der Waals surface area (Å²) >= 11 is 0. The van der Waals surface area contributed by atoms with E-state index in [1.54, 1.807) is 12.1 Å². The number of nitrogens with one attached hydrogen (secondary N) is 1. The van der Waals surface area contributed by atoms with Crippen molar-refractivity contribution in [1.82, 2.24) is 5.32 Å². The predicted molar refractivity (Wildman–Crippen MR) is 78.4 cm³/mol. The summed E-state index contributed by atoms with van der Waals surface area (Å²) in [4.78, 5) is 12.1. The lowest BCUT2D eigenvalue weighted by Gasteiger charge is -2.23. The van der Waals surface area contributed by atoms with Crippen LogP contribution in [0.3, 0.4) is 0 Å². The first-order chi connectivity index (χ1) is 9.76. The Hall–Kier alpha value is -1.81. The highest BCUT2D eigenvalue weighted by Gasteiger charge is 2.15. The fourth-order valence-corrected chi connectivity index (χ4v) is 2.54. The van der Waals surface area contributed by atoms with Gasteiger partial charge in [-0.05, 0) is 44.1 Å². The van der Waals surface area contributed by atoms with Gasteiger partial charge in [0, 0.05) is 12.5 Å². The molecule has 1 N–H and O–H groups in total. The van der Waals surface area contributed by atoms with Gasteiger partial charge in [-0.1, -0.05) is 6.92 Å². The van der Waals surface area contributed by atoms with Gasteiger partial charge in [0.05, 0.1) is 5.39 Å². The summed E-state index contributed by atoms with van der Waals surface area (Å²) in [6.07, 6.45) is 2.96. The molecule has 0 saturated carbocycles. The lowest BCUT2D eigenvalue weighted by molar-refractivity contribution is 0.162. The molecule has 1 aromatic carbocycles. The Balaban J connectivity index is 1.90. The molecule has 1 aliphatic heterocycles. The van der Waals surface area contributed by atoms with E-state index in [4.69, 9.17) is 9.15 Å². The number of rotatable bonds is 3. The largest absolute Gasteiger partial charge is 0.490 e. The summed E-state index contributed by atoms with van der Waals surface area (Å²) < 4.78 is 11.6. The molecule has 2 aromatic rings. The molecule has 0 atom stereocenters. The van der Waals surface area contributed by atoms with Crippen LogP contribution in [0.15, 0.2) is 33.5 Å². The van der Waals surface area contributed by atoms with Crippen LogP contribution in [0.4, 0.5) is 0 Å². The SMILES string of the molecule is CCc1cc(=O)c2cc(OC3CCNCC3)ccc2o1. The van der Waals surface area contributed by atoms with E-state index in [9.17, 15) is 4.79 Å². The Kier molecular flexibility index (Phi) is 3.74. The Morgan fingerprint density at radius 3 is 2.85 bits per heavy atom. The van der Waals surface area contributed by atoms with E-state index in [1.807, 2.05) is 19.1 Å². The molecule has 0 unspecified atom stereocenters. The van der Waals surface area contributed by atoms with Crippen molar-refractivity contribution in [3.8, 4) is 5.75 Å². The Morgan fingerprint density at radius 2 is 2.10 bits per heavy atom. The van der Waals surface area contributed by atoms with Crippen LogP contribution in [0.5, 0.6) is 5.75 Å². The minimum atomic E-state index is -0.00105. The van der Waals surface area contributed by atoms with Crippen molar-refractivity contribution < 1.29 is 9.15 Å². The zero-order chi connectivity index (χ0) is 13.9. The molecule has 4 nitrogen and oxygen atoms in total.